The maximum atomic E-state index is 4.49. The third kappa shape index (κ3) is 5.02. The van der Waals surface area contributed by atoms with Gasteiger partial charge in [0.15, 0.2) is 0 Å². The molecule has 0 radical (unpaired) electrons. The van der Waals surface area contributed by atoms with Gasteiger partial charge in [0.2, 0.25) is 11.9 Å². The average Bonchev–Trinajstić information content (AvgIpc) is 2.62. The smallest absolute Gasteiger partial charge is 0.232 e. The van der Waals surface area contributed by atoms with Gasteiger partial charge in [-0.2, -0.15) is 15.0 Å². The molecule has 0 aliphatic carbocycles. The summed E-state index contributed by atoms with van der Waals surface area (Å²) in [6.07, 6.45) is 2.06. The summed E-state index contributed by atoms with van der Waals surface area (Å²) in [6, 6.07) is 16.8. The molecule has 0 amide bonds. The Hall–Kier alpha value is -2.95. The summed E-state index contributed by atoms with van der Waals surface area (Å²) >= 11 is 0. The second-order valence-electron chi connectivity index (χ2n) is 6.49. The molecule has 1 aromatic heterocycles. The maximum Gasteiger partial charge on any atom is 0.232 e. The van der Waals surface area contributed by atoms with Crippen LogP contribution in [0.5, 0.6) is 0 Å². The van der Waals surface area contributed by atoms with Crippen LogP contribution >= 0.6 is 0 Å². The Bertz CT molecular complexity index is 862. The molecular weight excluding hydrogens is 322 g/mol. The molecule has 134 valence electrons. The van der Waals surface area contributed by atoms with Crippen molar-refractivity contribution in [2.24, 2.45) is 0 Å². The molecule has 0 atom stereocenters. The Kier molecular flexibility index (Phi) is 5.79. The highest BCUT2D eigenvalue weighted by Gasteiger charge is 2.06. The van der Waals surface area contributed by atoms with Crippen molar-refractivity contribution in [3.05, 3.63) is 71.0 Å². The van der Waals surface area contributed by atoms with E-state index in [4.69, 9.17) is 0 Å². The predicted octanol–water partition coefficient (Wildman–Crippen LogP) is 4.59. The summed E-state index contributed by atoms with van der Waals surface area (Å²) in [6.45, 7) is 6.86. The molecule has 0 bridgehead atoms. The number of anilines is 3. The first-order chi connectivity index (χ1) is 12.6. The number of aromatic nitrogens is 3. The number of benzene rings is 2. The van der Waals surface area contributed by atoms with Crippen molar-refractivity contribution >= 4 is 17.6 Å². The largest absolute Gasteiger partial charge is 0.354 e. The van der Waals surface area contributed by atoms with E-state index in [9.17, 15) is 0 Å². The van der Waals surface area contributed by atoms with Gasteiger partial charge < -0.3 is 10.6 Å². The number of rotatable bonds is 7. The molecule has 2 N–H and O–H groups in total. The van der Waals surface area contributed by atoms with Crippen LogP contribution in [0.1, 0.15) is 28.9 Å². The van der Waals surface area contributed by atoms with E-state index < -0.39 is 0 Å². The summed E-state index contributed by atoms with van der Waals surface area (Å²) < 4.78 is 0. The van der Waals surface area contributed by atoms with Gasteiger partial charge >= 0.3 is 0 Å². The van der Waals surface area contributed by atoms with Crippen LogP contribution in [-0.4, -0.2) is 21.5 Å². The van der Waals surface area contributed by atoms with Gasteiger partial charge in [-0.3, -0.25) is 0 Å². The molecular formula is C21H25N5. The molecule has 0 fully saturated rings. The van der Waals surface area contributed by atoms with Crippen LogP contribution < -0.4 is 10.6 Å². The molecule has 0 aliphatic heterocycles. The third-order valence-corrected chi connectivity index (χ3v) is 4.14. The van der Waals surface area contributed by atoms with Crippen molar-refractivity contribution in [2.45, 2.75) is 33.6 Å². The predicted molar refractivity (Wildman–Crippen MR) is 107 cm³/mol. The number of hydrogen-bond donors (Lipinski definition) is 2. The first-order valence-electron chi connectivity index (χ1n) is 8.95. The zero-order valence-corrected chi connectivity index (χ0v) is 15.6. The monoisotopic (exact) mass is 347 g/mol. The summed E-state index contributed by atoms with van der Waals surface area (Å²) in [7, 11) is 0. The highest BCUT2D eigenvalue weighted by Crippen LogP contribution is 2.20. The first-order valence-corrected chi connectivity index (χ1v) is 8.95. The fraction of sp³-hybridized carbons (Fsp3) is 0.286. The van der Waals surface area contributed by atoms with Crippen molar-refractivity contribution in [3.63, 3.8) is 0 Å². The van der Waals surface area contributed by atoms with Crippen LogP contribution in [0.4, 0.5) is 17.6 Å². The first kappa shape index (κ1) is 17.9. The van der Waals surface area contributed by atoms with Crippen molar-refractivity contribution in [1.82, 2.24) is 15.0 Å². The van der Waals surface area contributed by atoms with Crippen LogP contribution in [0, 0.1) is 20.8 Å². The fourth-order valence-electron chi connectivity index (χ4n) is 2.83. The second kappa shape index (κ2) is 8.43. The fourth-order valence-corrected chi connectivity index (χ4v) is 2.83. The lowest BCUT2D eigenvalue weighted by Crippen LogP contribution is -2.10. The molecule has 3 rings (SSSR count). The van der Waals surface area contributed by atoms with E-state index in [-0.39, 0.29) is 0 Å². The minimum Gasteiger partial charge on any atom is -0.354 e. The SMILES string of the molecule is Cc1ccc(Nc2nc(C)nc(NCCCc3ccccc3)n2)c(C)c1. The van der Waals surface area contributed by atoms with Gasteiger partial charge in [0, 0.05) is 12.2 Å². The van der Waals surface area contributed by atoms with Gasteiger partial charge in [-0.15, -0.1) is 0 Å². The molecule has 2 aromatic carbocycles. The van der Waals surface area contributed by atoms with Crippen LogP contribution in [0.3, 0.4) is 0 Å². The normalized spacial score (nSPS) is 10.6. The van der Waals surface area contributed by atoms with Crippen molar-refractivity contribution in [2.75, 3.05) is 17.2 Å². The molecule has 26 heavy (non-hydrogen) atoms. The Morgan fingerprint density at radius 3 is 2.38 bits per heavy atom. The summed E-state index contributed by atoms with van der Waals surface area (Å²) in [5.41, 5.74) is 4.76. The molecule has 5 nitrogen and oxygen atoms in total. The Labute approximate surface area is 154 Å². The van der Waals surface area contributed by atoms with Crippen LogP contribution in [0.25, 0.3) is 0 Å². The Morgan fingerprint density at radius 1 is 0.846 bits per heavy atom. The van der Waals surface area contributed by atoms with Crippen molar-refractivity contribution in [3.8, 4) is 0 Å². The lowest BCUT2D eigenvalue weighted by atomic mass is 10.1. The van der Waals surface area contributed by atoms with Crippen LogP contribution in [0.2, 0.25) is 0 Å². The maximum absolute atomic E-state index is 4.49. The summed E-state index contributed by atoms with van der Waals surface area (Å²) in [5.74, 6) is 1.87. The van der Waals surface area contributed by atoms with Crippen molar-refractivity contribution < 1.29 is 0 Å². The van der Waals surface area contributed by atoms with E-state index in [1.807, 2.05) is 13.0 Å². The van der Waals surface area contributed by atoms with Gasteiger partial charge in [0.05, 0.1) is 0 Å². The minimum absolute atomic E-state index is 0.565. The van der Waals surface area contributed by atoms with Gasteiger partial charge in [-0.1, -0.05) is 48.0 Å². The Balaban J connectivity index is 1.60. The van der Waals surface area contributed by atoms with Crippen LogP contribution in [-0.2, 0) is 6.42 Å². The topological polar surface area (TPSA) is 62.7 Å². The zero-order chi connectivity index (χ0) is 18.4. The van der Waals surface area contributed by atoms with Gasteiger partial charge in [-0.05, 0) is 50.8 Å². The van der Waals surface area contributed by atoms with E-state index in [0.29, 0.717) is 17.7 Å². The number of aryl methyl sites for hydroxylation is 4. The van der Waals surface area contributed by atoms with Crippen molar-refractivity contribution in [1.29, 1.82) is 0 Å². The molecule has 1 heterocycles. The van der Waals surface area contributed by atoms with Gasteiger partial charge in [0.25, 0.3) is 0 Å². The van der Waals surface area contributed by atoms with E-state index in [1.54, 1.807) is 0 Å². The van der Waals surface area contributed by atoms with E-state index >= 15 is 0 Å². The number of nitrogens with zero attached hydrogens (tertiary/aromatic N) is 3. The minimum atomic E-state index is 0.565. The second-order valence-corrected chi connectivity index (χ2v) is 6.49. The summed E-state index contributed by atoms with van der Waals surface area (Å²) in [4.78, 5) is 13.3. The van der Waals surface area contributed by atoms with Crippen LogP contribution in [0.15, 0.2) is 48.5 Å². The van der Waals surface area contributed by atoms with E-state index in [1.165, 1.54) is 16.7 Å². The van der Waals surface area contributed by atoms with E-state index in [2.05, 4.69) is 81.9 Å². The summed E-state index contributed by atoms with van der Waals surface area (Å²) in [5, 5.41) is 6.60. The molecule has 5 heteroatoms. The molecule has 3 aromatic rings. The molecule has 0 saturated carbocycles. The highest BCUT2D eigenvalue weighted by molar-refractivity contribution is 5.59. The molecule has 0 aliphatic rings. The lowest BCUT2D eigenvalue weighted by Gasteiger charge is -2.11. The van der Waals surface area contributed by atoms with E-state index in [0.717, 1.165) is 25.1 Å². The van der Waals surface area contributed by atoms with Gasteiger partial charge in [-0.25, -0.2) is 0 Å². The lowest BCUT2D eigenvalue weighted by molar-refractivity contribution is 0.846. The standard InChI is InChI=1S/C21H25N5/c1-15-11-12-19(16(2)14-15)25-21-24-17(3)23-20(26-21)22-13-7-10-18-8-5-4-6-9-18/h4-6,8-9,11-12,14H,7,10,13H2,1-3H3,(H2,22,23,24,25,26). The third-order valence-electron chi connectivity index (χ3n) is 4.14. The Morgan fingerprint density at radius 2 is 1.62 bits per heavy atom. The zero-order valence-electron chi connectivity index (χ0n) is 15.6. The molecule has 0 unspecified atom stereocenters. The molecule has 0 spiro atoms. The molecule has 0 saturated heterocycles. The average molecular weight is 347 g/mol. The number of nitrogens with one attached hydrogen (secondary N) is 2. The number of hydrogen-bond acceptors (Lipinski definition) is 5. The quantitative estimate of drug-likeness (QED) is 0.612. The van der Waals surface area contributed by atoms with Gasteiger partial charge in [0.1, 0.15) is 5.82 Å². The highest BCUT2D eigenvalue weighted by atomic mass is 15.2.